The molecule has 2 rings (SSSR count). The van der Waals surface area contributed by atoms with E-state index in [1.54, 1.807) is 0 Å². The molecule has 1 heteroatoms. The Morgan fingerprint density at radius 1 is 1.27 bits per heavy atom. The van der Waals surface area contributed by atoms with Crippen LogP contribution in [-0.4, -0.2) is 5.60 Å². The van der Waals surface area contributed by atoms with Gasteiger partial charge in [-0.2, -0.15) is 0 Å². The lowest BCUT2D eigenvalue weighted by Gasteiger charge is -2.40. The molecule has 0 N–H and O–H groups in total. The number of hydrogen-bond acceptors (Lipinski definition) is 1. The predicted molar refractivity (Wildman–Crippen MR) is 63.4 cm³/mol. The summed E-state index contributed by atoms with van der Waals surface area (Å²) in [5, 5.41) is 0. The van der Waals surface area contributed by atoms with Crippen LogP contribution in [0.1, 0.15) is 35.6 Å². The van der Waals surface area contributed by atoms with Crippen molar-refractivity contribution in [3.8, 4) is 5.75 Å². The Morgan fingerprint density at radius 3 is 2.60 bits per heavy atom. The maximum absolute atomic E-state index is 6.00. The summed E-state index contributed by atoms with van der Waals surface area (Å²) in [5.74, 6) is 1.08. The first-order valence-electron chi connectivity index (χ1n) is 5.55. The normalized spacial score (nSPS) is 24.6. The van der Waals surface area contributed by atoms with Crippen LogP contribution < -0.4 is 4.74 Å². The molecule has 1 aliphatic rings. The molecule has 0 aromatic heterocycles. The Labute approximate surface area is 92.5 Å². The highest BCUT2D eigenvalue weighted by atomic mass is 16.5. The third-order valence-electron chi connectivity index (χ3n) is 3.37. The van der Waals surface area contributed by atoms with Gasteiger partial charge in [0.15, 0.2) is 0 Å². The number of benzene rings is 1. The molecule has 15 heavy (non-hydrogen) atoms. The lowest BCUT2D eigenvalue weighted by Crippen LogP contribution is -2.33. The molecule has 1 nitrogen and oxygen atoms in total. The second-order valence-corrected chi connectivity index (χ2v) is 5.00. The van der Waals surface area contributed by atoms with Crippen LogP contribution in [0, 0.1) is 27.7 Å². The van der Waals surface area contributed by atoms with E-state index in [2.05, 4.69) is 40.7 Å². The minimum atomic E-state index is -0.252. The van der Waals surface area contributed by atoms with Crippen LogP contribution in [0.5, 0.6) is 5.75 Å². The standard InChI is InChI=1S/C14H19O/c1-9-8-10(2)12-6-7-14(4,5)15-13(12)11(9)3/h8H,4,6-7H2,1-3,5H3/q-1. The summed E-state index contributed by atoms with van der Waals surface area (Å²) in [6.45, 7) is 12.6. The van der Waals surface area contributed by atoms with Gasteiger partial charge < -0.3 is 11.7 Å². The van der Waals surface area contributed by atoms with Gasteiger partial charge in [0.2, 0.25) is 0 Å². The van der Waals surface area contributed by atoms with E-state index in [9.17, 15) is 0 Å². The molecule has 1 unspecified atom stereocenters. The molecular formula is C14H19O-. The molecule has 1 aromatic carbocycles. The van der Waals surface area contributed by atoms with Crippen molar-refractivity contribution in [2.24, 2.45) is 0 Å². The summed E-state index contributed by atoms with van der Waals surface area (Å²) in [6, 6.07) is 2.25. The molecule has 0 saturated carbocycles. The molecule has 0 aliphatic carbocycles. The van der Waals surface area contributed by atoms with Crippen molar-refractivity contribution in [2.45, 2.75) is 46.1 Å². The van der Waals surface area contributed by atoms with Gasteiger partial charge in [0.1, 0.15) is 5.75 Å². The van der Waals surface area contributed by atoms with E-state index in [0.717, 1.165) is 18.6 Å². The third kappa shape index (κ3) is 1.75. The smallest absolute Gasteiger partial charge is 0.122 e. The van der Waals surface area contributed by atoms with Gasteiger partial charge >= 0.3 is 0 Å². The first-order chi connectivity index (χ1) is 6.91. The van der Waals surface area contributed by atoms with Crippen LogP contribution in [0.2, 0.25) is 0 Å². The van der Waals surface area contributed by atoms with Crippen LogP contribution in [0.15, 0.2) is 6.07 Å². The zero-order chi connectivity index (χ0) is 11.2. The highest BCUT2D eigenvalue weighted by Crippen LogP contribution is 2.38. The topological polar surface area (TPSA) is 9.23 Å². The molecular weight excluding hydrogens is 184 g/mol. The summed E-state index contributed by atoms with van der Waals surface area (Å²) in [4.78, 5) is 0. The highest BCUT2D eigenvalue weighted by Gasteiger charge is 2.24. The van der Waals surface area contributed by atoms with Crippen LogP contribution >= 0.6 is 0 Å². The molecule has 0 saturated heterocycles. The molecule has 0 bridgehead atoms. The number of aryl methyl sites for hydroxylation is 2. The second kappa shape index (κ2) is 3.26. The predicted octanol–water partition coefficient (Wildman–Crippen LogP) is 3.53. The Balaban J connectivity index is 2.58. The van der Waals surface area contributed by atoms with Crippen molar-refractivity contribution in [1.82, 2.24) is 0 Å². The van der Waals surface area contributed by atoms with Crippen molar-refractivity contribution in [2.75, 3.05) is 0 Å². The van der Waals surface area contributed by atoms with Gasteiger partial charge in [-0.15, -0.1) is 0 Å². The van der Waals surface area contributed by atoms with Gasteiger partial charge in [0.25, 0.3) is 0 Å². The van der Waals surface area contributed by atoms with Gasteiger partial charge in [-0.25, -0.2) is 0 Å². The maximum atomic E-state index is 6.00. The second-order valence-electron chi connectivity index (χ2n) is 5.00. The highest BCUT2D eigenvalue weighted by molar-refractivity contribution is 5.51. The van der Waals surface area contributed by atoms with Gasteiger partial charge in [0.05, 0.1) is 0 Å². The van der Waals surface area contributed by atoms with E-state index < -0.39 is 0 Å². The van der Waals surface area contributed by atoms with Crippen LogP contribution in [0.25, 0.3) is 0 Å². The minimum absolute atomic E-state index is 0.252. The van der Waals surface area contributed by atoms with Crippen molar-refractivity contribution in [3.05, 3.63) is 35.2 Å². The van der Waals surface area contributed by atoms with Gasteiger partial charge in [-0.1, -0.05) is 13.0 Å². The van der Waals surface area contributed by atoms with Crippen LogP contribution in [-0.2, 0) is 6.42 Å². The molecule has 1 atom stereocenters. The van der Waals surface area contributed by atoms with Crippen molar-refractivity contribution in [1.29, 1.82) is 0 Å². The summed E-state index contributed by atoms with van der Waals surface area (Å²) in [5.41, 5.74) is 5.05. The summed E-state index contributed by atoms with van der Waals surface area (Å²) < 4.78 is 6.00. The van der Waals surface area contributed by atoms with Crippen LogP contribution in [0.3, 0.4) is 0 Å². The molecule has 0 fully saturated rings. The van der Waals surface area contributed by atoms with Crippen molar-refractivity contribution < 1.29 is 4.74 Å². The first kappa shape index (κ1) is 10.5. The Morgan fingerprint density at radius 2 is 1.93 bits per heavy atom. The fourth-order valence-corrected chi connectivity index (χ4v) is 2.24. The molecule has 0 radical (unpaired) electrons. The summed E-state index contributed by atoms with van der Waals surface area (Å²) in [6.07, 6.45) is 2.09. The van der Waals surface area contributed by atoms with E-state index in [-0.39, 0.29) is 5.60 Å². The first-order valence-corrected chi connectivity index (χ1v) is 5.55. The minimum Gasteiger partial charge on any atom is -0.519 e. The molecule has 1 aromatic rings. The molecule has 0 amide bonds. The number of fused-ring (bicyclic) bond motifs is 1. The van der Waals surface area contributed by atoms with E-state index in [4.69, 9.17) is 4.74 Å². The van der Waals surface area contributed by atoms with Crippen molar-refractivity contribution in [3.63, 3.8) is 0 Å². The third-order valence-corrected chi connectivity index (χ3v) is 3.37. The largest absolute Gasteiger partial charge is 0.519 e. The SMILES string of the molecule is [CH2-]C1(C)CCc2c(C)cc(C)c(C)c2O1. The van der Waals surface area contributed by atoms with Gasteiger partial charge in [-0.05, 0) is 61.5 Å². The average molecular weight is 203 g/mol. The molecule has 82 valence electrons. The van der Waals surface area contributed by atoms with E-state index >= 15 is 0 Å². The zero-order valence-corrected chi connectivity index (χ0v) is 10.1. The Bertz CT molecular complexity index is 402. The van der Waals surface area contributed by atoms with Gasteiger partial charge in [0, 0.05) is 0 Å². The van der Waals surface area contributed by atoms with E-state index in [0.29, 0.717) is 0 Å². The maximum Gasteiger partial charge on any atom is 0.122 e. The fraction of sp³-hybridized carbons (Fsp3) is 0.500. The Hall–Kier alpha value is -0.980. The average Bonchev–Trinajstić information content (AvgIpc) is 2.13. The molecule has 1 heterocycles. The summed E-state index contributed by atoms with van der Waals surface area (Å²) in [7, 11) is 0. The number of ether oxygens (including phenoxy) is 1. The van der Waals surface area contributed by atoms with Crippen molar-refractivity contribution >= 4 is 0 Å². The lowest BCUT2D eigenvalue weighted by atomic mass is 9.89. The Kier molecular flexibility index (Phi) is 2.29. The van der Waals surface area contributed by atoms with E-state index in [1.165, 1.54) is 22.3 Å². The van der Waals surface area contributed by atoms with Gasteiger partial charge in [-0.3, -0.25) is 0 Å². The van der Waals surface area contributed by atoms with Crippen LogP contribution in [0.4, 0.5) is 0 Å². The quantitative estimate of drug-likeness (QED) is 0.586. The summed E-state index contributed by atoms with van der Waals surface area (Å²) >= 11 is 0. The zero-order valence-electron chi connectivity index (χ0n) is 10.1. The molecule has 0 spiro atoms. The molecule has 1 aliphatic heterocycles. The lowest BCUT2D eigenvalue weighted by molar-refractivity contribution is 0.110. The number of hydrogen-bond donors (Lipinski definition) is 0. The fourth-order valence-electron chi connectivity index (χ4n) is 2.24. The monoisotopic (exact) mass is 203 g/mol. The van der Waals surface area contributed by atoms with E-state index in [1.807, 2.05) is 0 Å². The number of rotatable bonds is 0.